The number of aromatic nitrogens is 3. The van der Waals surface area contributed by atoms with E-state index in [0.717, 1.165) is 44.5 Å². The number of nitrogens with zero attached hydrogens (tertiary/aromatic N) is 3. The molecule has 196 valence electrons. The van der Waals surface area contributed by atoms with Crippen LogP contribution in [0.2, 0.25) is 0 Å². The van der Waals surface area contributed by atoms with Crippen LogP contribution in [0.5, 0.6) is 0 Å². The smallest absolute Gasteiger partial charge is 0.161 e. The molecule has 0 aliphatic heterocycles. The van der Waals surface area contributed by atoms with Crippen molar-refractivity contribution in [3.8, 4) is 45.0 Å². The largest absolute Gasteiger partial charge is 0.255 e. The maximum Gasteiger partial charge on any atom is 0.161 e. The fraction of sp³-hybridized carbons (Fsp3) is 0. The van der Waals surface area contributed by atoms with E-state index in [9.17, 15) is 0 Å². The molecule has 8 rings (SSSR count). The summed E-state index contributed by atoms with van der Waals surface area (Å²) in [4.78, 5) is 14.8. The Bertz CT molecular complexity index is 2250. The van der Waals surface area contributed by atoms with Crippen LogP contribution < -0.4 is 0 Å². The summed E-state index contributed by atoms with van der Waals surface area (Å²) in [6, 6.07) is 50.9. The molecule has 3 nitrogen and oxygen atoms in total. The van der Waals surface area contributed by atoms with Gasteiger partial charge in [0.1, 0.15) is 0 Å². The van der Waals surface area contributed by atoms with Gasteiger partial charge in [0.05, 0.1) is 16.9 Å². The number of benzene rings is 6. The zero-order valence-corrected chi connectivity index (χ0v) is 22.8. The zero-order chi connectivity index (χ0) is 27.9. The van der Waals surface area contributed by atoms with Crippen LogP contribution in [0.4, 0.5) is 0 Å². The topological polar surface area (TPSA) is 38.7 Å². The second-order valence-electron chi connectivity index (χ2n) is 10.5. The Kier molecular flexibility index (Phi) is 5.79. The number of rotatable bonds is 4. The Morgan fingerprint density at radius 2 is 1.02 bits per heavy atom. The first-order chi connectivity index (χ1) is 20.8. The van der Waals surface area contributed by atoms with Gasteiger partial charge in [-0.2, -0.15) is 0 Å². The molecule has 0 saturated carbocycles. The van der Waals surface area contributed by atoms with Crippen molar-refractivity contribution in [2.75, 3.05) is 0 Å². The van der Waals surface area contributed by atoms with Gasteiger partial charge in [-0.15, -0.1) is 0 Å². The van der Waals surface area contributed by atoms with E-state index in [1.54, 1.807) is 0 Å². The fourth-order valence-corrected chi connectivity index (χ4v) is 5.81. The molecule has 6 aromatic carbocycles. The monoisotopic (exact) mass is 535 g/mol. The Morgan fingerprint density at radius 3 is 1.88 bits per heavy atom. The third-order valence-corrected chi connectivity index (χ3v) is 7.88. The van der Waals surface area contributed by atoms with Crippen molar-refractivity contribution in [1.29, 1.82) is 0 Å². The van der Waals surface area contributed by atoms with Gasteiger partial charge in [-0.3, -0.25) is 4.98 Å². The third-order valence-electron chi connectivity index (χ3n) is 7.88. The van der Waals surface area contributed by atoms with Crippen LogP contribution in [0.1, 0.15) is 0 Å². The molecule has 0 unspecified atom stereocenters. The fourth-order valence-electron chi connectivity index (χ4n) is 5.81. The summed E-state index contributed by atoms with van der Waals surface area (Å²) in [5, 5.41) is 6.07. The van der Waals surface area contributed by atoms with Crippen molar-refractivity contribution >= 4 is 32.4 Å². The van der Waals surface area contributed by atoms with E-state index in [2.05, 4.69) is 114 Å². The van der Waals surface area contributed by atoms with E-state index in [1.165, 1.54) is 27.1 Å². The Labute approximate surface area is 243 Å². The van der Waals surface area contributed by atoms with Crippen molar-refractivity contribution in [3.63, 3.8) is 0 Å². The molecule has 42 heavy (non-hydrogen) atoms. The van der Waals surface area contributed by atoms with Crippen molar-refractivity contribution in [2.45, 2.75) is 0 Å². The Morgan fingerprint density at radius 1 is 0.381 bits per heavy atom. The Hall–Kier alpha value is -5.67. The van der Waals surface area contributed by atoms with Crippen LogP contribution in [0.25, 0.3) is 77.5 Å². The molecule has 8 aromatic rings. The predicted octanol–water partition coefficient (Wildman–Crippen LogP) is 10.00. The van der Waals surface area contributed by atoms with Gasteiger partial charge in [0.2, 0.25) is 0 Å². The molecule has 0 saturated heterocycles. The van der Waals surface area contributed by atoms with Crippen molar-refractivity contribution in [3.05, 3.63) is 152 Å². The molecule has 2 heterocycles. The maximum absolute atomic E-state index is 5.10. The van der Waals surface area contributed by atoms with Gasteiger partial charge in [0.25, 0.3) is 0 Å². The SMILES string of the molecule is c1ccc(-c2cc(-c3cccc(-c4cc5ccccc5c5ccccc45)c3)nc(-c3cnc4ccccc4c3)n2)cc1. The molecule has 0 N–H and O–H groups in total. The summed E-state index contributed by atoms with van der Waals surface area (Å²) in [6.45, 7) is 0. The molecule has 3 heteroatoms. The van der Waals surface area contributed by atoms with Crippen molar-refractivity contribution in [2.24, 2.45) is 0 Å². The normalized spacial score (nSPS) is 11.3. The molecule has 0 spiro atoms. The molecule has 0 bridgehead atoms. The number of hydrogen-bond acceptors (Lipinski definition) is 3. The van der Waals surface area contributed by atoms with Crippen LogP contribution in [-0.4, -0.2) is 15.0 Å². The lowest BCUT2D eigenvalue weighted by Gasteiger charge is -2.13. The lowest BCUT2D eigenvalue weighted by Crippen LogP contribution is -1.97. The van der Waals surface area contributed by atoms with E-state index in [-0.39, 0.29) is 0 Å². The molecule has 0 aliphatic carbocycles. The maximum atomic E-state index is 5.10. The highest BCUT2D eigenvalue weighted by atomic mass is 14.9. The van der Waals surface area contributed by atoms with Gasteiger partial charge in [-0.25, -0.2) is 9.97 Å². The first kappa shape index (κ1) is 24.2. The summed E-state index contributed by atoms with van der Waals surface area (Å²) < 4.78 is 0. The molecule has 0 radical (unpaired) electrons. The molecule has 0 fully saturated rings. The highest BCUT2D eigenvalue weighted by Gasteiger charge is 2.14. The summed E-state index contributed by atoms with van der Waals surface area (Å²) >= 11 is 0. The van der Waals surface area contributed by atoms with Crippen LogP contribution >= 0.6 is 0 Å². The van der Waals surface area contributed by atoms with Crippen LogP contribution in [-0.2, 0) is 0 Å². The average Bonchev–Trinajstić information content (AvgIpc) is 3.08. The lowest BCUT2D eigenvalue weighted by atomic mass is 9.92. The summed E-state index contributed by atoms with van der Waals surface area (Å²) in [7, 11) is 0. The van der Waals surface area contributed by atoms with Crippen LogP contribution in [0, 0.1) is 0 Å². The minimum Gasteiger partial charge on any atom is -0.255 e. The van der Waals surface area contributed by atoms with Gasteiger partial charge in [-0.1, -0.05) is 115 Å². The Balaban J connectivity index is 1.32. The minimum atomic E-state index is 0.658. The highest BCUT2D eigenvalue weighted by molar-refractivity contribution is 6.13. The van der Waals surface area contributed by atoms with E-state index in [4.69, 9.17) is 9.97 Å². The number of hydrogen-bond donors (Lipinski definition) is 0. The average molecular weight is 536 g/mol. The number of pyridine rings is 1. The van der Waals surface area contributed by atoms with Gasteiger partial charge >= 0.3 is 0 Å². The molecule has 0 atom stereocenters. The highest BCUT2D eigenvalue weighted by Crippen LogP contribution is 2.37. The van der Waals surface area contributed by atoms with E-state index in [1.807, 2.05) is 42.6 Å². The van der Waals surface area contributed by atoms with Crippen molar-refractivity contribution < 1.29 is 0 Å². The van der Waals surface area contributed by atoms with Gasteiger partial charge in [0, 0.05) is 28.3 Å². The van der Waals surface area contributed by atoms with Crippen molar-refractivity contribution in [1.82, 2.24) is 15.0 Å². The van der Waals surface area contributed by atoms with E-state index < -0.39 is 0 Å². The van der Waals surface area contributed by atoms with Gasteiger partial charge in [0.15, 0.2) is 5.82 Å². The second kappa shape index (κ2) is 10.1. The van der Waals surface area contributed by atoms with E-state index in [0.29, 0.717) is 5.82 Å². The quantitative estimate of drug-likeness (QED) is 0.211. The molecular formula is C39H25N3. The van der Waals surface area contributed by atoms with Gasteiger partial charge < -0.3 is 0 Å². The zero-order valence-electron chi connectivity index (χ0n) is 22.8. The molecule has 0 amide bonds. The lowest BCUT2D eigenvalue weighted by molar-refractivity contribution is 1.18. The molecule has 2 aromatic heterocycles. The first-order valence-electron chi connectivity index (χ1n) is 14.1. The predicted molar refractivity (Wildman–Crippen MR) is 174 cm³/mol. The summed E-state index contributed by atoms with van der Waals surface area (Å²) in [6.07, 6.45) is 1.87. The van der Waals surface area contributed by atoms with Gasteiger partial charge in [-0.05, 0) is 63.0 Å². The number of fused-ring (bicyclic) bond motifs is 4. The summed E-state index contributed by atoms with van der Waals surface area (Å²) in [5.41, 5.74) is 8.06. The van der Waals surface area contributed by atoms with Crippen LogP contribution in [0.3, 0.4) is 0 Å². The second-order valence-corrected chi connectivity index (χ2v) is 10.5. The molecular weight excluding hydrogens is 510 g/mol. The number of para-hydroxylation sites is 1. The minimum absolute atomic E-state index is 0.658. The molecule has 0 aliphatic rings. The first-order valence-corrected chi connectivity index (χ1v) is 14.1. The summed E-state index contributed by atoms with van der Waals surface area (Å²) in [5.74, 6) is 0.658. The standard InChI is InChI=1S/C39H25N3/c1-2-11-26(12-3-1)37-24-38(42-39(41-37)31-22-29-14-5-9-20-36(29)40-25-31)30-16-10-15-27(21-30)35-23-28-13-4-6-17-32(28)33-18-7-8-19-34(33)35/h1-25H. The van der Waals surface area contributed by atoms with E-state index >= 15 is 0 Å². The van der Waals surface area contributed by atoms with Crippen LogP contribution in [0.15, 0.2) is 152 Å². The third kappa shape index (κ3) is 4.29.